The van der Waals surface area contributed by atoms with Crippen LogP contribution in [0.4, 0.5) is 0 Å². The maximum absolute atomic E-state index is 4.13. The molecule has 0 aliphatic carbocycles. The molecule has 0 radical (unpaired) electrons. The van der Waals surface area contributed by atoms with Crippen molar-refractivity contribution in [3.63, 3.8) is 0 Å². The third-order valence-corrected chi connectivity index (χ3v) is 7.13. The highest BCUT2D eigenvalue weighted by atomic mass is 15.0. The van der Waals surface area contributed by atoms with Crippen molar-refractivity contribution in [2.45, 2.75) is 13.8 Å². The van der Waals surface area contributed by atoms with Crippen LogP contribution in [0.1, 0.15) is 29.4 Å². The molecule has 0 atom stereocenters. The van der Waals surface area contributed by atoms with Gasteiger partial charge in [-0.3, -0.25) is 0 Å². The summed E-state index contributed by atoms with van der Waals surface area (Å²) in [7, 11) is 2.16. The topological polar surface area (TPSA) is 25.6 Å². The Labute approximate surface area is 198 Å². The van der Waals surface area contributed by atoms with E-state index in [0.29, 0.717) is 0 Å². The molecular formula is C31H27N3. The van der Waals surface area contributed by atoms with Gasteiger partial charge in [-0.05, 0) is 44.2 Å². The Kier molecular flexibility index (Phi) is 4.43. The first-order chi connectivity index (χ1) is 16.6. The van der Waals surface area contributed by atoms with Gasteiger partial charge in [0.1, 0.15) is 0 Å². The van der Waals surface area contributed by atoms with Crippen molar-refractivity contribution in [1.82, 2.24) is 14.1 Å². The number of hydrogen-bond donors (Lipinski definition) is 1. The van der Waals surface area contributed by atoms with Crippen LogP contribution in [0.15, 0.2) is 73.8 Å². The van der Waals surface area contributed by atoms with Crippen LogP contribution in [-0.4, -0.2) is 14.1 Å². The van der Waals surface area contributed by atoms with Gasteiger partial charge in [0.25, 0.3) is 0 Å². The second-order valence-electron chi connectivity index (χ2n) is 8.86. The molecule has 0 amide bonds. The molecule has 3 nitrogen and oxygen atoms in total. The van der Waals surface area contributed by atoms with Gasteiger partial charge >= 0.3 is 0 Å². The Bertz CT molecular complexity index is 1800. The number of nitrogens with zero attached hydrogens (tertiary/aromatic N) is 2. The third-order valence-electron chi connectivity index (χ3n) is 7.13. The summed E-state index contributed by atoms with van der Waals surface area (Å²) in [5, 5.41) is 4.91. The predicted octanol–water partition coefficient (Wildman–Crippen LogP) is 8.38. The Balaban J connectivity index is 1.78. The van der Waals surface area contributed by atoms with Crippen LogP contribution in [0.2, 0.25) is 0 Å². The van der Waals surface area contributed by atoms with Crippen molar-refractivity contribution < 1.29 is 0 Å². The molecule has 3 aromatic carbocycles. The number of nitrogens with one attached hydrogen (secondary N) is 1. The second-order valence-corrected chi connectivity index (χ2v) is 8.86. The van der Waals surface area contributed by atoms with Gasteiger partial charge in [-0.25, -0.2) is 0 Å². The van der Waals surface area contributed by atoms with Gasteiger partial charge in [-0.1, -0.05) is 61.7 Å². The lowest BCUT2D eigenvalue weighted by molar-refractivity contribution is 1.02. The Hall–Kier alpha value is -4.24. The largest absolute Gasteiger partial charge is 0.353 e. The summed E-state index contributed by atoms with van der Waals surface area (Å²) in [5.74, 6) is 0. The number of fused-ring (bicyclic) bond motifs is 6. The average molecular weight is 442 g/mol. The van der Waals surface area contributed by atoms with Gasteiger partial charge < -0.3 is 14.1 Å². The molecule has 6 aromatic rings. The number of rotatable bonds is 4. The molecule has 1 N–H and O–H groups in total. The van der Waals surface area contributed by atoms with Crippen molar-refractivity contribution in [2.24, 2.45) is 7.05 Å². The molecule has 0 saturated carbocycles. The highest BCUT2D eigenvalue weighted by Gasteiger charge is 2.19. The van der Waals surface area contributed by atoms with Crippen molar-refractivity contribution in [3.05, 3.63) is 96.3 Å². The van der Waals surface area contributed by atoms with E-state index in [-0.39, 0.29) is 0 Å². The number of aromatic nitrogens is 3. The Morgan fingerprint density at radius 3 is 2.24 bits per heavy atom. The minimum absolute atomic E-state index is 1.09. The first kappa shape index (κ1) is 20.4. The highest BCUT2D eigenvalue weighted by Crippen LogP contribution is 2.40. The lowest BCUT2D eigenvalue weighted by atomic mass is 10.1. The SMILES string of the molecule is C=Cc1c(/C=C\C)[nH]c2c1ccc1c3cc4c(cc3n(C)c12)c(C=C)c(C)n4-c1ccccc1. The van der Waals surface area contributed by atoms with Crippen LogP contribution < -0.4 is 0 Å². The van der Waals surface area contributed by atoms with Gasteiger partial charge in [-0.15, -0.1) is 0 Å². The van der Waals surface area contributed by atoms with E-state index in [9.17, 15) is 0 Å². The van der Waals surface area contributed by atoms with Gasteiger partial charge in [0.2, 0.25) is 0 Å². The van der Waals surface area contributed by atoms with E-state index in [1.807, 2.05) is 19.1 Å². The number of para-hydroxylation sites is 1. The fourth-order valence-corrected chi connectivity index (χ4v) is 5.63. The maximum Gasteiger partial charge on any atom is 0.0734 e. The van der Waals surface area contributed by atoms with E-state index in [2.05, 4.69) is 108 Å². The minimum Gasteiger partial charge on any atom is -0.353 e. The minimum atomic E-state index is 1.09. The van der Waals surface area contributed by atoms with Gasteiger partial charge in [0.15, 0.2) is 0 Å². The summed E-state index contributed by atoms with van der Waals surface area (Å²) < 4.78 is 4.66. The molecule has 3 aromatic heterocycles. The molecule has 0 aliphatic rings. The third kappa shape index (κ3) is 2.58. The number of H-pyrrole nitrogens is 1. The number of aryl methyl sites for hydroxylation is 1. The molecular weight excluding hydrogens is 414 g/mol. The summed E-state index contributed by atoms with van der Waals surface area (Å²) in [4.78, 5) is 3.66. The molecule has 0 saturated heterocycles. The predicted molar refractivity (Wildman–Crippen MR) is 149 cm³/mol. The molecule has 0 aliphatic heterocycles. The molecule has 6 rings (SSSR count). The molecule has 3 heterocycles. The average Bonchev–Trinajstić information content (AvgIpc) is 3.45. The van der Waals surface area contributed by atoms with E-state index >= 15 is 0 Å². The first-order valence-corrected chi connectivity index (χ1v) is 11.6. The van der Waals surface area contributed by atoms with Crippen LogP contribution in [0.3, 0.4) is 0 Å². The molecule has 166 valence electrons. The van der Waals surface area contributed by atoms with Crippen molar-refractivity contribution >= 4 is 61.8 Å². The summed E-state index contributed by atoms with van der Waals surface area (Å²) in [5.41, 5.74) is 10.6. The van der Waals surface area contributed by atoms with Gasteiger partial charge in [-0.2, -0.15) is 0 Å². The lowest BCUT2D eigenvalue weighted by Crippen LogP contribution is -1.96. The van der Waals surface area contributed by atoms with Crippen LogP contribution >= 0.6 is 0 Å². The van der Waals surface area contributed by atoms with E-state index in [1.165, 1.54) is 49.4 Å². The van der Waals surface area contributed by atoms with Gasteiger partial charge in [0.05, 0.1) is 16.6 Å². The van der Waals surface area contributed by atoms with E-state index in [0.717, 1.165) is 22.5 Å². The number of aromatic amines is 1. The van der Waals surface area contributed by atoms with E-state index in [4.69, 9.17) is 0 Å². The maximum atomic E-state index is 4.13. The Morgan fingerprint density at radius 1 is 0.824 bits per heavy atom. The van der Waals surface area contributed by atoms with Crippen molar-refractivity contribution in [1.29, 1.82) is 0 Å². The van der Waals surface area contributed by atoms with Gasteiger partial charge in [0, 0.05) is 62.3 Å². The Morgan fingerprint density at radius 2 is 1.53 bits per heavy atom. The summed E-state index contributed by atoms with van der Waals surface area (Å²) in [6.45, 7) is 12.4. The van der Waals surface area contributed by atoms with Crippen molar-refractivity contribution in [3.8, 4) is 5.69 Å². The first-order valence-electron chi connectivity index (χ1n) is 11.6. The smallest absolute Gasteiger partial charge is 0.0734 e. The number of hydrogen-bond acceptors (Lipinski definition) is 0. The fraction of sp³-hybridized carbons (Fsp3) is 0.0968. The normalized spacial score (nSPS) is 12.1. The molecule has 0 fully saturated rings. The van der Waals surface area contributed by atoms with Crippen LogP contribution in [0, 0.1) is 6.92 Å². The van der Waals surface area contributed by atoms with Crippen LogP contribution in [0.25, 0.3) is 67.5 Å². The lowest BCUT2D eigenvalue weighted by Gasteiger charge is -2.08. The monoisotopic (exact) mass is 441 g/mol. The molecule has 0 bridgehead atoms. The standard InChI is InChI=1S/C31H27N3/c1-6-12-27-22(8-3)23-15-16-24-26-18-29-25(17-28(26)33(5)31(24)30(23)32-27)21(7-2)19(4)34(29)20-13-10-9-11-14-20/h6-18,32H,2-3H2,1,4-5H3/b12-6-. The summed E-state index contributed by atoms with van der Waals surface area (Å²) in [6.07, 6.45) is 8.10. The molecule has 3 heteroatoms. The summed E-state index contributed by atoms with van der Waals surface area (Å²) >= 11 is 0. The molecule has 0 unspecified atom stereocenters. The zero-order chi connectivity index (χ0) is 23.6. The quantitative estimate of drug-likeness (QED) is 0.284. The zero-order valence-corrected chi connectivity index (χ0v) is 19.8. The molecule has 0 spiro atoms. The summed E-state index contributed by atoms with van der Waals surface area (Å²) in [6, 6.07) is 19.7. The van der Waals surface area contributed by atoms with E-state index < -0.39 is 0 Å². The number of benzene rings is 3. The fourth-order valence-electron chi connectivity index (χ4n) is 5.63. The highest BCUT2D eigenvalue weighted by molar-refractivity contribution is 6.20. The number of allylic oxidation sites excluding steroid dienone is 1. The zero-order valence-electron chi connectivity index (χ0n) is 19.8. The molecule has 34 heavy (non-hydrogen) atoms. The van der Waals surface area contributed by atoms with Crippen LogP contribution in [0.5, 0.6) is 0 Å². The second kappa shape index (κ2) is 7.39. The van der Waals surface area contributed by atoms with Crippen LogP contribution in [-0.2, 0) is 7.05 Å². The van der Waals surface area contributed by atoms with Crippen molar-refractivity contribution in [2.75, 3.05) is 0 Å². The van der Waals surface area contributed by atoms with E-state index in [1.54, 1.807) is 0 Å².